The van der Waals surface area contributed by atoms with Crippen molar-refractivity contribution in [3.63, 3.8) is 0 Å². The zero-order valence-electron chi connectivity index (χ0n) is 9.78. The third-order valence-electron chi connectivity index (χ3n) is 1.50. The highest BCUT2D eigenvalue weighted by Crippen LogP contribution is 1.78. The molecule has 0 aliphatic heterocycles. The van der Waals surface area contributed by atoms with E-state index in [4.69, 9.17) is 24.4 Å². The highest BCUT2D eigenvalue weighted by Gasteiger charge is 2.03. The molecule has 0 unspecified atom stereocenters. The number of amides is 1. The molecule has 96 valence electrons. The Morgan fingerprint density at radius 1 is 1.35 bits per heavy atom. The monoisotopic (exact) mass is 276 g/mol. The van der Waals surface area contributed by atoms with Crippen LogP contribution in [-0.4, -0.2) is 48.4 Å². The van der Waals surface area contributed by atoms with Gasteiger partial charge >= 0.3 is 6.09 Å². The topological polar surface area (TPSA) is 65.6 Å². The van der Waals surface area contributed by atoms with Crippen molar-refractivity contribution in [1.82, 2.24) is 20.9 Å². The molecule has 0 aromatic heterocycles. The fraction of sp³-hybridized carbons (Fsp3) is 0.444. The fourth-order valence-corrected chi connectivity index (χ4v) is 1.03. The third kappa shape index (κ3) is 8.40. The molecule has 3 N–H and O–H groups in total. The van der Waals surface area contributed by atoms with Crippen LogP contribution in [-0.2, 0) is 4.74 Å². The summed E-state index contributed by atoms with van der Waals surface area (Å²) in [5, 5.41) is 8.94. The van der Waals surface area contributed by atoms with Crippen molar-refractivity contribution in [2.75, 3.05) is 27.2 Å². The summed E-state index contributed by atoms with van der Waals surface area (Å²) in [6, 6.07) is 0. The summed E-state index contributed by atoms with van der Waals surface area (Å²) < 4.78 is 4.43. The van der Waals surface area contributed by atoms with Crippen molar-refractivity contribution in [2.45, 2.75) is 0 Å². The van der Waals surface area contributed by atoms with Gasteiger partial charge in [-0.25, -0.2) is 4.79 Å². The van der Waals surface area contributed by atoms with Crippen LogP contribution in [0.2, 0.25) is 0 Å². The number of ether oxygens (including phenoxy) is 1. The number of carbonyl (C=O) groups excluding carboxylic acids is 1. The lowest BCUT2D eigenvalue weighted by molar-refractivity contribution is 0.191. The van der Waals surface area contributed by atoms with Crippen LogP contribution >= 0.6 is 24.4 Å². The van der Waals surface area contributed by atoms with E-state index in [1.54, 1.807) is 4.90 Å². The van der Waals surface area contributed by atoms with Crippen molar-refractivity contribution < 1.29 is 9.53 Å². The van der Waals surface area contributed by atoms with Gasteiger partial charge in [-0.15, -0.1) is 0 Å². The Balaban J connectivity index is 3.61. The van der Waals surface area contributed by atoms with E-state index in [1.807, 2.05) is 14.1 Å². The molecule has 0 aliphatic rings. The Kier molecular flexibility index (Phi) is 7.99. The third-order valence-corrected chi connectivity index (χ3v) is 2.25. The van der Waals surface area contributed by atoms with E-state index in [1.165, 1.54) is 0 Å². The molecule has 0 rings (SSSR count). The van der Waals surface area contributed by atoms with Crippen LogP contribution in [0.3, 0.4) is 0 Å². The molecular formula is C9H16N4O2S2. The summed E-state index contributed by atoms with van der Waals surface area (Å²) >= 11 is 9.86. The van der Waals surface area contributed by atoms with Gasteiger partial charge in [0.1, 0.15) is 0 Å². The number of hydrogen-bond donors (Lipinski definition) is 3. The first kappa shape index (κ1) is 15.6. The lowest BCUT2D eigenvalue weighted by Crippen LogP contribution is -2.43. The molecule has 0 saturated heterocycles. The number of hydrogen-bond acceptors (Lipinski definition) is 4. The van der Waals surface area contributed by atoms with E-state index in [0.717, 1.165) is 6.26 Å². The van der Waals surface area contributed by atoms with Gasteiger partial charge in [-0.3, -0.25) is 5.32 Å². The quantitative estimate of drug-likeness (QED) is 0.384. The van der Waals surface area contributed by atoms with Crippen LogP contribution in [0.5, 0.6) is 0 Å². The Morgan fingerprint density at radius 3 is 2.47 bits per heavy atom. The fourth-order valence-electron chi connectivity index (χ4n) is 0.746. The van der Waals surface area contributed by atoms with Gasteiger partial charge in [0.05, 0.1) is 6.26 Å². The van der Waals surface area contributed by atoms with Crippen molar-refractivity contribution in [1.29, 1.82) is 0 Å². The second-order valence-electron chi connectivity index (χ2n) is 3.08. The van der Waals surface area contributed by atoms with Crippen LogP contribution in [0.4, 0.5) is 4.79 Å². The minimum Gasteiger partial charge on any atom is -0.419 e. The van der Waals surface area contributed by atoms with E-state index in [9.17, 15) is 4.79 Å². The molecule has 0 aromatic carbocycles. The van der Waals surface area contributed by atoms with Crippen LogP contribution in [0.25, 0.3) is 0 Å². The second-order valence-corrected chi connectivity index (χ2v) is 3.87. The minimum atomic E-state index is -0.672. The van der Waals surface area contributed by atoms with Gasteiger partial charge < -0.3 is 20.3 Å². The molecule has 0 bridgehead atoms. The maximum Gasteiger partial charge on any atom is 0.418 e. The van der Waals surface area contributed by atoms with Crippen molar-refractivity contribution in [2.24, 2.45) is 0 Å². The molecule has 0 aromatic rings. The summed E-state index contributed by atoms with van der Waals surface area (Å²) in [5.74, 6) is 0. The highest BCUT2D eigenvalue weighted by molar-refractivity contribution is 7.80. The molecule has 1 amide bonds. The van der Waals surface area contributed by atoms with Gasteiger partial charge in [-0.2, -0.15) is 0 Å². The zero-order valence-corrected chi connectivity index (χ0v) is 11.4. The van der Waals surface area contributed by atoms with E-state index in [-0.39, 0.29) is 5.11 Å². The number of nitrogens with zero attached hydrogens (tertiary/aromatic N) is 1. The van der Waals surface area contributed by atoms with Crippen LogP contribution in [0, 0.1) is 0 Å². The summed E-state index contributed by atoms with van der Waals surface area (Å²) in [4.78, 5) is 12.7. The van der Waals surface area contributed by atoms with Crippen LogP contribution in [0.1, 0.15) is 0 Å². The minimum absolute atomic E-state index is 0.189. The largest absolute Gasteiger partial charge is 0.419 e. The first-order chi connectivity index (χ1) is 7.97. The molecular weight excluding hydrogens is 260 g/mol. The Labute approximate surface area is 111 Å². The van der Waals surface area contributed by atoms with E-state index in [2.05, 4.69) is 27.3 Å². The Hall–Kier alpha value is -1.41. The summed E-state index contributed by atoms with van der Waals surface area (Å²) in [5.41, 5.74) is 0. The lowest BCUT2D eigenvalue weighted by Gasteiger charge is -2.15. The molecule has 0 radical (unpaired) electrons. The number of thiocarbonyl (C=S) groups is 2. The molecule has 0 fully saturated rings. The van der Waals surface area contributed by atoms with Crippen LogP contribution < -0.4 is 16.0 Å². The molecule has 8 heteroatoms. The maximum atomic E-state index is 10.9. The van der Waals surface area contributed by atoms with Gasteiger partial charge in [0.25, 0.3) is 0 Å². The first-order valence-corrected chi connectivity index (χ1v) is 5.60. The van der Waals surface area contributed by atoms with E-state index >= 15 is 0 Å². The van der Waals surface area contributed by atoms with Gasteiger partial charge in [-0.1, -0.05) is 6.58 Å². The molecule has 17 heavy (non-hydrogen) atoms. The number of alkyl carbamates (subject to hydrolysis) is 1. The van der Waals surface area contributed by atoms with E-state index in [0.29, 0.717) is 18.2 Å². The standard InChI is InChI=1S/C9H16N4O2S2/c1-4-15-9(14)12-7(16)10-5-6-11-8(17)13(2)3/h4H,1,5-6H2,2-3H3,(H,11,17)(H2,10,12,14,16). The molecule has 0 spiro atoms. The smallest absolute Gasteiger partial charge is 0.418 e. The molecule has 0 heterocycles. The highest BCUT2D eigenvalue weighted by atomic mass is 32.1. The van der Waals surface area contributed by atoms with E-state index < -0.39 is 6.09 Å². The predicted molar refractivity (Wildman–Crippen MR) is 74.7 cm³/mol. The van der Waals surface area contributed by atoms with Crippen LogP contribution in [0.15, 0.2) is 12.8 Å². The SMILES string of the molecule is C=COC(=O)NC(=S)NCCNC(=S)N(C)C. The molecule has 0 saturated carbocycles. The number of rotatable bonds is 4. The maximum absolute atomic E-state index is 10.9. The molecule has 0 atom stereocenters. The van der Waals surface area contributed by atoms with Gasteiger partial charge in [-0.05, 0) is 24.4 Å². The molecule has 0 aliphatic carbocycles. The Morgan fingerprint density at radius 2 is 1.94 bits per heavy atom. The zero-order chi connectivity index (χ0) is 13.3. The summed E-state index contributed by atoms with van der Waals surface area (Å²) in [6.07, 6.45) is 0.351. The number of nitrogens with one attached hydrogen (secondary N) is 3. The van der Waals surface area contributed by atoms with Crippen molar-refractivity contribution >= 4 is 40.8 Å². The average Bonchev–Trinajstić information content (AvgIpc) is 2.24. The summed E-state index contributed by atoms with van der Waals surface area (Å²) in [6.45, 7) is 4.37. The Bertz CT molecular complexity index is 307. The predicted octanol–water partition coefficient (Wildman–Crippen LogP) is 0.167. The lowest BCUT2D eigenvalue weighted by atomic mass is 10.6. The summed E-state index contributed by atoms with van der Waals surface area (Å²) in [7, 11) is 3.69. The molecule has 6 nitrogen and oxygen atoms in total. The van der Waals surface area contributed by atoms with Crippen molar-refractivity contribution in [3.8, 4) is 0 Å². The van der Waals surface area contributed by atoms with Crippen molar-refractivity contribution in [3.05, 3.63) is 12.8 Å². The van der Waals surface area contributed by atoms with Gasteiger partial charge in [0.2, 0.25) is 0 Å². The average molecular weight is 276 g/mol. The number of carbonyl (C=O) groups is 1. The van der Waals surface area contributed by atoms with Gasteiger partial charge in [0.15, 0.2) is 10.2 Å². The second kappa shape index (κ2) is 8.71. The normalized spacial score (nSPS) is 8.82. The first-order valence-electron chi connectivity index (χ1n) is 4.79. The van der Waals surface area contributed by atoms with Gasteiger partial charge in [0, 0.05) is 27.2 Å².